The van der Waals surface area contributed by atoms with Crippen molar-refractivity contribution in [3.63, 3.8) is 0 Å². The number of hydrogen-bond acceptors (Lipinski definition) is 4. The Morgan fingerprint density at radius 1 is 1.33 bits per heavy atom. The third kappa shape index (κ3) is 3.07. The van der Waals surface area contributed by atoms with Gasteiger partial charge in [0, 0.05) is 0 Å². The fraction of sp³-hybridized carbons (Fsp3) is 0.0556. The first kappa shape index (κ1) is 16.0. The molecule has 6 heteroatoms. The van der Waals surface area contributed by atoms with Crippen LogP contribution >= 0.6 is 15.9 Å². The zero-order valence-electron chi connectivity index (χ0n) is 12.7. The van der Waals surface area contributed by atoms with Gasteiger partial charge >= 0.3 is 0 Å². The Morgan fingerprint density at radius 2 is 2.12 bits per heavy atom. The molecule has 0 amide bonds. The van der Waals surface area contributed by atoms with Gasteiger partial charge in [-0.1, -0.05) is 18.2 Å². The van der Waals surface area contributed by atoms with Crippen molar-refractivity contribution >= 4 is 38.5 Å². The quantitative estimate of drug-likeness (QED) is 0.700. The lowest BCUT2D eigenvalue weighted by atomic mass is 10.1. The first-order valence-corrected chi connectivity index (χ1v) is 7.86. The number of para-hydroxylation sites is 1. The van der Waals surface area contributed by atoms with Crippen molar-refractivity contribution in [1.82, 2.24) is 9.97 Å². The number of aromatic amines is 1. The number of allylic oxidation sites excluding steroid dienone is 1. The maximum atomic E-state index is 12.2. The van der Waals surface area contributed by atoms with Gasteiger partial charge in [-0.15, -0.1) is 0 Å². The van der Waals surface area contributed by atoms with Crippen molar-refractivity contribution in [2.24, 2.45) is 0 Å². The second kappa shape index (κ2) is 6.69. The van der Waals surface area contributed by atoms with Gasteiger partial charge < -0.3 is 9.72 Å². The molecule has 0 saturated heterocycles. The van der Waals surface area contributed by atoms with Crippen LogP contribution in [0.25, 0.3) is 22.6 Å². The molecule has 0 bridgehead atoms. The Bertz CT molecular complexity index is 1050. The fourth-order valence-corrected chi connectivity index (χ4v) is 2.87. The highest BCUT2D eigenvalue weighted by molar-refractivity contribution is 9.10. The zero-order valence-corrected chi connectivity index (χ0v) is 14.3. The summed E-state index contributed by atoms with van der Waals surface area (Å²) in [5.41, 5.74) is 1.34. The Hall–Kier alpha value is -2.91. The third-order valence-electron chi connectivity index (χ3n) is 3.48. The van der Waals surface area contributed by atoms with Gasteiger partial charge in [0.15, 0.2) is 5.82 Å². The van der Waals surface area contributed by atoms with Crippen molar-refractivity contribution in [3.8, 4) is 11.8 Å². The Balaban J connectivity index is 2.11. The van der Waals surface area contributed by atoms with Crippen LogP contribution in [0.15, 0.2) is 51.7 Å². The van der Waals surface area contributed by atoms with Gasteiger partial charge in [0.1, 0.15) is 11.8 Å². The van der Waals surface area contributed by atoms with Gasteiger partial charge in [0.25, 0.3) is 5.56 Å². The topological polar surface area (TPSA) is 78.8 Å². The highest BCUT2D eigenvalue weighted by atomic mass is 79.9. The van der Waals surface area contributed by atoms with Crippen LogP contribution in [0.3, 0.4) is 0 Å². The van der Waals surface area contributed by atoms with E-state index in [2.05, 4.69) is 32.0 Å². The third-order valence-corrected chi connectivity index (χ3v) is 4.09. The van der Waals surface area contributed by atoms with Crippen molar-refractivity contribution < 1.29 is 4.74 Å². The summed E-state index contributed by atoms with van der Waals surface area (Å²) in [6.45, 7) is 0. The van der Waals surface area contributed by atoms with Gasteiger partial charge in [-0.3, -0.25) is 4.79 Å². The number of nitrogens with one attached hydrogen (secondary N) is 1. The maximum absolute atomic E-state index is 12.2. The molecule has 0 fully saturated rings. The first-order chi connectivity index (χ1) is 11.6. The number of rotatable bonds is 3. The van der Waals surface area contributed by atoms with E-state index in [9.17, 15) is 10.1 Å². The van der Waals surface area contributed by atoms with Crippen LogP contribution in [0.1, 0.15) is 11.4 Å². The molecular weight excluding hydrogens is 370 g/mol. The molecule has 0 aliphatic heterocycles. The zero-order chi connectivity index (χ0) is 17.1. The summed E-state index contributed by atoms with van der Waals surface area (Å²) >= 11 is 3.41. The summed E-state index contributed by atoms with van der Waals surface area (Å²) in [7, 11) is 1.58. The fourth-order valence-electron chi connectivity index (χ4n) is 2.31. The summed E-state index contributed by atoms with van der Waals surface area (Å²) in [5, 5.41) is 9.95. The van der Waals surface area contributed by atoms with E-state index in [1.807, 2.05) is 12.1 Å². The van der Waals surface area contributed by atoms with Gasteiger partial charge in [-0.2, -0.15) is 5.26 Å². The minimum Gasteiger partial charge on any atom is -0.496 e. The molecule has 1 aromatic heterocycles. The van der Waals surface area contributed by atoms with E-state index in [1.165, 1.54) is 0 Å². The molecule has 0 saturated carbocycles. The van der Waals surface area contributed by atoms with Crippen LogP contribution in [-0.2, 0) is 0 Å². The number of aromatic nitrogens is 2. The van der Waals surface area contributed by atoms with Crippen molar-refractivity contribution in [3.05, 3.63) is 68.7 Å². The van der Waals surface area contributed by atoms with Gasteiger partial charge in [-0.05, 0) is 51.8 Å². The highest BCUT2D eigenvalue weighted by Gasteiger charge is 2.09. The molecule has 3 aromatic rings. The average Bonchev–Trinajstić information content (AvgIpc) is 2.59. The number of fused-ring (bicyclic) bond motifs is 1. The number of halogens is 1. The number of benzene rings is 2. The molecule has 1 N–H and O–H groups in total. The molecule has 2 aromatic carbocycles. The second-order valence-corrected chi connectivity index (χ2v) is 5.85. The predicted molar refractivity (Wildman–Crippen MR) is 96.5 cm³/mol. The SMILES string of the molecule is COc1ccc(/C=C(\C#N)c2nc3ccccc3c(=O)[nH]2)cc1Br. The van der Waals surface area contributed by atoms with Gasteiger partial charge in [0.2, 0.25) is 0 Å². The van der Waals surface area contributed by atoms with E-state index in [4.69, 9.17) is 4.74 Å². The van der Waals surface area contributed by atoms with Crippen molar-refractivity contribution in [2.75, 3.05) is 7.11 Å². The van der Waals surface area contributed by atoms with Crippen LogP contribution in [0, 0.1) is 11.3 Å². The smallest absolute Gasteiger partial charge is 0.259 e. The molecule has 0 spiro atoms. The molecule has 0 radical (unpaired) electrons. The molecule has 1 heterocycles. The number of methoxy groups -OCH3 is 1. The van der Waals surface area contributed by atoms with Gasteiger partial charge in [0.05, 0.1) is 28.1 Å². The van der Waals surface area contributed by atoms with Crippen LogP contribution in [0.5, 0.6) is 5.75 Å². The van der Waals surface area contributed by atoms with E-state index in [-0.39, 0.29) is 17.0 Å². The van der Waals surface area contributed by atoms with Crippen LogP contribution in [-0.4, -0.2) is 17.1 Å². The van der Waals surface area contributed by atoms with E-state index in [1.54, 1.807) is 43.5 Å². The first-order valence-electron chi connectivity index (χ1n) is 7.07. The number of ether oxygens (including phenoxy) is 1. The highest BCUT2D eigenvalue weighted by Crippen LogP contribution is 2.27. The number of nitrogens with zero attached hydrogens (tertiary/aromatic N) is 2. The normalized spacial score (nSPS) is 11.3. The molecule has 0 unspecified atom stereocenters. The maximum Gasteiger partial charge on any atom is 0.259 e. The number of hydrogen-bond donors (Lipinski definition) is 1. The summed E-state index contributed by atoms with van der Waals surface area (Å²) in [5.74, 6) is 0.941. The van der Waals surface area contributed by atoms with E-state index >= 15 is 0 Å². The summed E-state index contributed by atoms with van der Waals surface area (Å²) in [4.78, 5) is 19.2. The predicted octanol–water partition coefficient (Wildman–Crippen LogP) is 3.76. The molecule has 5 nitrogen and oxygen atoms in total. The molecule has 0 aliphatic rings. The Labute approximate surface area is 146 Å². The Kier molecular flexibility index (Phi) is 4.45. The van der Waals surface area contributed by atoms with Crippen LogP contribution in [0.2, 0.25) is 0 Å². The van der Waals surface area contributed by atoms with Crippen molar-refractivity contribution in [2.45, 2.75) is 0 Å². The van der Waals surface area contributed by atoms with Crippen molar-refractivity contribution in [1.29, 1.82) is 5.26 Å². The number of nitriles is 1. The molecule has 24 heavy (non-hydrogen) atoms. The second-order valence-electron chi connectivity index (χ2n) is 5.00. The average molecular weight is 382 g/mol. The monoisotopic (exact) mass is 381 g/mol. The largest absolute Gasteiger partial charge is 0.496 e. The molecule has 3 rings (SSSR count). The minimum atomic E-state index is -0.271. The van der Waals surface area contributed by atoms with E-state index in [0.29, 0.717) is 16.7 Å². The summed E-state index contributed by atoms with van der Waals surface area (Å²) < 4.78 is 5.96. The van der Waals surface area contributed by atoms with E-state index < -0.39 is 0 Å². The lowest BCUT2D eigenvalue weighted by molar-refractivity contribution is 0.412. The summed E-state index contributed by atoms with van der Waals surface area (Å²) in [6, 6.07) is 14.5. The molecular formula is C18H12BrN3O2. The molecule has 0 atom stereocenters. The van der Waals surface area contributed by atoms with Crippen LogP contribution < -0.4 is 10.3 Å². The lowest BCUT2D eigenvalue weighted by Gasteiger charge is -2.05. The lowest BCUT2D eigenvalue weighted by Crippen LogP contribution is -2.11. The van der Waals surface area contributed by atoms with Gasteiger partial charge in [-0.25, -0.2) is 4.98 Å². The number of H-pyrrole nitrogens is 1. The molecule has 0 aliphatic carbocycles. The Morgan fingerprint density at radius 3 is 2.83 bits per heavy atom. The van der Waals surface area contributed by atoms with Crippen LogP contribution in [0.4, 0.5) is 0 Å². The standard InChI is InChI=1S/C18H12BrN3O2/c1-24-16-7-6-11(9-14(16)19)8-12(10-20)17-21-15-5-3-2-4-13(15)18(23)22-17/h2-9H,1H3,(H,21,22,23)/b12-8+. The minimum absolute atomic E-state index is 0.244. The summed E-state index contributed by atoms with van der Waals surface area (Å²) in [6.07, 6.45) is 1.66. The molecule has 118 valence electrons. The van der Waals surface area contributed by atoms with E-state index in [0.717, 1.165) is 10.0 Å².